The Morgan fingerprint density at radius 1 is 0.941 bits per heavy atom. The monoisotopic (exact) mass is 484 g/mol. The minimum absolute atomic E-state index is 0.0244. The molecule has 1 aliphatic carbocycles. The van der Waals surface area contributed by atoms with Crippen LogP contribution in [-0.2, 0) is 25.1 Å². The van der Waals surface area contributed by atoms with Gasteiger partial charge in [-0.05, 0) is 41.7 Å². The highest BCUT2D eigenvalue weighted by molar-refractivity contribution is 7.91. The number of carbonyl (C=O) groups is 2. The normalized spacial score (nSPS) is 20.0. The van der Waals surface area contributed by atoms with Crippen molar-refractivity contribution in [3.8, 4) is 11.1 Å². The summed E-state index contributed by atoms with van der Waals surface area (Å²) in [5.41, 5.74) is 1.74. The fourth-order valence-electron chi connectivity index (χ4n) is 4.43. The number of piperazine rings is 1. The fraction of sp³-hybridized carbons (Fsp3) is 0.440. The van der Waals surface area contributed by atoms with Crippen LogP contribution < -0.4 is 0 Å². The molecule has 5 rings (SSSR count). The van der Waals surface area contributed by atoms with Gasteiger partial charge in [-0.15, -0.1) is 0 Å². The predicted molar refractivity (Wildman–Crippen MR) is 126 cm³/mol. The van der Waals surface area contributed by atoms with Gasteiger partial charge in [0.15, 0.2) is 15.4 Å². The first-order valence-electron chi connectivity index (χ1n) is 11.5. The van der Waals surface area contributed by atoms with Gasteiger partial charge in [0, 0.05) is 31.7 Å². The number of ether oxygens (including phenoxy) is 1. The Morgan fingerprint density at radius 2 is 1.59 bits per heavy atom. The maximum absolute atomic E-state index is 13.0. The number of amides is 2. The zero-order chi connectivity index (χ0) is 23.9. The number of sulfone groups is 1. The average molecular weight is 485 g/mol. The first-order chi connectivity index (χ1) is 16.2. The Balaban J connectivity index is 1.21. The van der Waals surface area contributed by atoms with Crippen molar-refractivity contribution in [2.75, 3.05) is 39.4 Å². The molecule has 2 heterocycles. The number of nitrogens with zero attached hydrogens (tertiary/aromatic N) is 2. The number of rotatable bonds is 6. The van der Waals surface area contributed by atoms with Crippen LogP contribution in [0.1, 0.15) is 28.8 Å². The molecule has 2 saturated heterocycles. The molecule has 3 aliphatic rings. The molecule has 0 unspecified atom stereocenters. The summed E-state index contributed by atoms with van der Waals surface area (Å²) in [4.78, 5) is 28.7. The zero-order valence-electron chi connectivity index (χ0n) is 18.9. The van der Waals surface area contributed by atoms with Gasteiger partial charge in [0.25, 0.3) is 11.8 Å². The lowest BCUT2D eigenvalue weighted by Gasteiger charge is -2.42. The van der Waals surface area contributed by atoms with Gasteiger partial charge in [-0.3, -0.25) is 9.59 Å². The molecule has 180 valence electrons. The third kappa shape index (κ3) is 4.60. The van der Waals surface area contributed by atoms with Gasteiger partial charge in [-0.25, -0.2) is 8.42 Å². The minimum atomic E-state index is -3.08. The second-order valence-electron chi connectivity index (χ2n) is 9.39. The molecule has 2 amide bonds. The second-order valence-corrected chi connectivity index (χ2v) is 11.7. The summed E-state index contributed by atoms with van der Waals surface area (Å²) in [6.45, 7) is 1.61. The fourth-order valence-corrected chi connectivity index (χ4v) is 6.17. The Bertz CT molecular complexity index is 1190. The molecule has 2 aliphatic heterocycles. The SMILES string of the molecule is O=C(c1ccc(-c2cccc(CS(=O)(=O)C3CC3)c2)cc1)N1CCN(C(=O)C2(O)COC2)CC1. The Labute approximate surface area is 199 Å². The maximum Gasteiger partial charge on any atom is 0.259 e. The average Bonchev–Trinajstić information content (AvgIpc) is 3.68. The van der Waals surface area contributed by atoms with Crippen LogP contribution in [0.5, 0.6) is 0 Å². The van der Waals surface area contributed by atoms with Gasteiger partial charge >= 0.3 is 0 Å². The van der Waals surface area contributed by atoms with Gasteiger partial charge in [-0.2, -0.15) is 0 Å². The lowest BCUT2D eigenvalue weighted by molar-refractivity contribution is -0.201. The molecule has 2 aromatic rings. The summed E-state index contributed by atoms with van der Waals surface area (Å²) in [5.74, 6) is -0.378. The van der Waals surface area contributed by atoms with Gasteiger partial charge in [-0.1, -0.05) is 36.4 Å². The van der Waals surface area contributed by atoms with E-state index in [4.69, 9.17) is 4.74 Å². The molecular weight excluding hydrogens is 456 g/mol. The summed E-state index contributed by atoms with van der Waals surface area (Å²) in [7, 11) is -3.08. The highest BCUT2D eigenvalue weighted by Crippen LogP contribution is 2.31. The summed E-state index contributed by atoms with van der Waals surface area (Å²) >= 11 is 0. The van der Waals surface area contributed by atoms with Crippen LogP contribution in [0.25, 0.3) is 11.1 Å². The van der Waals surface area contributed by atoms with E-state index >= 15 is 0 Å². The second kappa shape index (κ2) is 8.79. The van der Waals surface area contributed by atoms with Gasteiger partial charge in [0.05, 0.1) is 24.2 Å². The van der Waals surface area contributed by atoms with E-state index in [2.05, 4.69) is 0 Å². The number of hydrogen-bond acceptors (Lipinski definition) is 6. The first kappa shape index (κ1) is 23.0. The summed E-state index contributed by atoms with van der Waals surface area (Å²) in [5, 5.41) is 9.99. The van der Waals surface area contributed by atoms with Crippen LogP contribution in [0, 0.1) is 0 Å². The van der Waals surface area contributed by atoms with Crippen molar-refractivity contribution >= 4 is 21.7 Å². The lowest BCUT2D eigenvalue weighted by atomic mass is 10.00. The number of benzene rings is 2. The van der Waals surface area contributed by atoms with Crippen LogP contribution in [-0.4, -0.2) is 85.4 Å². The smallest absolute Gasteiger partial charge is 0.259 e. The third-order valence-corrected chi connectivity index (χ3v) is 8.95. The molecule has 0 atom stereocenters. The Morgan fingerprint density at radius 3 is 2.18 bits per heavy atom. The van der Waals surface area contributed by atoms with Crippen LogP contribution in [0.15, 0.2) is 48.5 Å². The van der Waals surface area contributed by atoms with Crippen molar-refractivity contribution in [3.05, 3.63) is 59.7 Å². The molecule has 0 bridgehead atoms. The molecule has 0 spiro atoms. The molecular formula is C25H28N2O6S. The summed E-state index contributed by atoms with van der Waals surface area (Å²) in [6.07, 6.45) is 1.53. The largest absolute Gasteiger partial charge is 0.376 e. The minimum Gasteiger partial charge on any atom is -0.376 e. The Hall–Kier alpha value is -2.75. The van der Waals surface area contributed by atoms with Gasteiger partial charge < -0.3 is 19.6 Å². The van der Waals surface area contributed by atoms with E-state index in [-0.39, 0.29) is 36.0 Å². The summed E-state index contributed by atoms with van der Waals surface area (Å²) < 4.78 is 29.6. The van der Waals surface area contributed by atoms with Gasteiger partial charge in [0.1, 0.15) is 0 Å². The first-order valence-corrected chi connectivity index (χ1v) is 13.3. The van der Waals surface area contributed by atoms with E-state index in [1.54, 1.807) is 21.9 Å². The molecule has 8 nitrogen and oxygen atoms in total. The van der Waals surface area contributed by atoms with Crippen LogP contribution in [0.2, 0.25) is 0 Å². The Kier molecular flexibility index (Phi) is 5.95. The molecule has 2 aromatic carbocycles. The molecule has 1 N–H and O–H groups in total. The molecule has 9 heteroatoms. The standard InChI is InChI=1S/C25H28N2O6S/c28-23(26-10-12-27(13-11-26)24(29)25(30)16-33-17-25)20-6-4-19(5-7-20)21-3-1-2-18(14-21)15-34(31,32)22-8-9-22/h1-7,14,22,30H,8-13,15-17H2. The van der Waals surface area contributed by atoms with E-state index in [0.29, 0.717) is 31.7 Å². The topological polar surface area (TPSA) is 104 Å². The third-order valence-electron chi connectivity index (χ3n) is 6.73. The van der Waals surface area contributed by atoms with Crippen molar-refractivity contribution in [3.63, 3.8) is 0 Å². The lowest BCUT2D eigenvalue weighted by Crippen LogP contribution is -2.64. The van der Waals surface area contributed by atoms with Crippen molar-refractivity contribution < 1.29 is 27.9 Å². The summed E-state index contributed by atoms with van der Waals surface area (Å²) in [6, 6.07) is 14.8. The molecule has 34 heavy (non-hydrogen) atoms. The number of aliphatic hydroxyl groups is 1. The van der Waals surface area contributed by atoms with Crippen LogP contribution >= 0.6 is 0 Å². The van der Waals surface area contributed by atoms with Crippen LogP contribution in [0.3, 0.4) is 0 Å². The zero-order valence-corrected chi connectivity index (χ0v) is 19.7. The van der Waals surface area contributed by atoms with E-state index in [1.807, 2.05) is 36.4 Å². The molecule has 0 aromatic heterocycles. The van der Waals surface area contributed by atoms with Crippen LogP contribution in [0.4, 0.5) is 0 Å². The van der Waals surface area contributed by atoms with Crippen molar-refractivity contribution in [2.24, 2.45) is 0 Å². The van der Waals surface area contributed by atoms with E-state index < -0.39 is 15.4 Å². The number of hydrogen-bond donors (Lipinski definition) is 1. The van der Waals surface area contributed by atoms with Gasteiger partial charge in [0.2, 0.25) is 0 Å². The van der Waals surface area contributed by atoms with Crippen molar-refractivity contribution in [1.29, 1.82) is 0 Å². The highest BCUT2D eigenvalue weighted by atomic mass is 32.2. The van der Waals surface area contributed by atoms with Crippen molar-refractivity contribution in [1.82, 2.24) is 9.80 Å². The van der Waals surface area contributed by atoms with E-state index in [1.165, 1.54) is 0 Å². The molecule has 3 fully saturated rings. The number of carbonyl (C=O) groups excluding carboxylic acids is 2. The maximum atomic E-state index is 13.0. The molecule has 0 radical (unpaired) electrons. The van der Waals surface area contributed by atoms with Crippen molar-refractivity contribution in [2.45, 2.75) is 29.4 Å². The van der Waals surface area contributed by atoms with E-state index in [0.717, 1.165) is 29.5 Å². The predicted octanol–water partition coefficient (Wildman–Crippen LogP) is 1.48. The highest BCUT2D eigenvalue weighted by Gasteiger charge is 2.46. The molecule has 1 saturated carbocycles. The van der Waals surface area contributed by atoms with E-state index in [9.17, 15) is 23.1 Å². The quantitative estimate of drug-likeness (QED) is 0.666.